The molecule has 0 saturated carbocycles. The van der Waals surface area contributed by atoms with Crippen LogP contribution < -0.4 is 21.1 Å². The van der Waals surface area contributed by atoms with E-state index in [-0.39, 0.29) is 5.91 Å². The maximum atomic E-state index is 12.2. The summed E-state index contributed by atoms with van der Waals surface area (Å²) in [5.41, 5.74) is 10.3. The van der Waals surface area contributed by atoms with E-state index in [0.29, 0.717) is 11.3 Å². The highest BCUT2D eigenvalue weighted by Crippen LogP contribution is 2.35. The summed E-state index contributed by atoms with van der Waals surface area (Å²) in [5, 5.41) is 6.10. The van der Waals surface area contributed by atoms with Gasteiger partial charge in [0.15, 0.2) is 0 Å². The fraction of sp³-hybridized carbons (Fsp3) is 0.118. The molecular formula is C17H17N3O2. The van der Waals surface area contributed by atoms with Crippen molar-refractivity contribution in [2.24, 2.45) is 0 Å². The second-order valence-electron chi connectivity index (χ2n) is 5.11. The lowest BCUT2D eigenvalue weighted by Gasteiger charge is -2.10. The summed E-state index contributed by atoms with van der Waals surface area (Å²) >= 11 is 0. The second-order valence-corrected chi connectivity index (χ2v) is 5.11. The van der Waals surface area contributed by atoms with Crippen LogP contribution >= 0.6 is 0 Å². The summed E-state index contributed by atoms with van der Waals surface area (Å²) < 4.78 is 5.13. The Bertz CT molecular complexity index is 764. The lowest BCUT2D eigenvalue weighted by Crippen LogP contribution is -2.08. The number of nitrogen functional groups attached to an aromatic ring is 1. The zero-order valence-electron chi connectivity index (χ0n) is 12.4. The average Bonchev–Trinajstić information content (AvgIpc) is 2.83. The second kappa shape index (κ2) is 5.44. The third-order valence-electron chi connectivity index (χ3n) is 3.59. The van der Waals surface area contributed by atoms with Gasteiger partial charge in [0, 0.05) is 28.3 Å². The van der Waals surface area contributed by atoms with Gasteiger partial charge in [-0.15, -0.1) is 0 Å². The summed E-state index contributed by atoms with van der Waals surface area (Å²) in [4.78, 5) is 12.2. The Labute approximate surface area is 128 Å². The number of nitrogens with one attached hydrogen (secondary N) is 2. The predicted molar refractivity (Wildman–Crippen MR) is 88.7 cm³/mol. The molecule has 5 heteroatoms. The van der Waals surface area contributed by atoms with Crippen molar-refractivity contribution in [3.63, 3.8) is 0 Å². The highest BCUT2D eigenvalue weighted by atomic mass is 16.5. The molecule has 0 radical (unpaired) electrons. The summed E-state index contributed by atoms with van der Waals surface area (Å²) in [6.07, 6.45) is 0. The molecule has 112 valence electrons. The fourth-order valence-corrected chi connectivity index (χ4v) is 2.51. The first-order chi connectivity index (χ1) is 10.6. The van der Waals surface area contributed by atoms with Crippen LogP contribution in [0, 0.1) is 0 Å². The number of ether oxygens (including phenoxy) is 1. The van der Waals surface area contributed by atoms with Crippen molar-refractivity contribution in [2.45, 2.75) is 6.92 Å². The molecule has 4 N–H and O–H groups in total. The molecule has 22 heavy (non-hydrogen) atoms. The first kappa shape index (κ1) is 14.0. The van der Waals surface area contributed by atoms with E-state index in [4.69, 9.17) is 10.5 Å². The lowest BCUT2D eigenvalue weighted by atomic mass is 10.0. The number of carbonyl (C=O) groups excluding carboxylic acids is 1. The summed E-state index contributed by atoms with van der Waals surface area (Å²) in [6, 6.07) is 12.9. The molecule has 1 amide bonds. The van der Waals surface area contributed by atoms with Crippen LogP contribution in [0.3, 0.4) is 0 Å². The molecule has 0 spiro atoms. The van der Waals surface area contributed by atoms with Gasteiger partial charge in [-0.2, -0.15) is 0 Å². The Morgan fingerprint density at radius 3 is 2.59 bits per heavy atom. The molecule has 0 aromatic heterocycles. The molecule has 1 aliphatic rings. The largest absolute Gasteiger partial charge is 0.497 e. The Morgan fingerprint density at radius 1 is 1.18 bits per heavy atom. The maximum Gasteiger partial charge on any atom is 0.258 e. The molecule has 2 aromatic carbocycles. The van der Waals surface area contributed by atoms with Gasteiger partial charge in [0.2, 0.25) is 0 Å². The monoisotopic (exact) mass is 295 g/mol. The summed E-state index contributed by atoms with van der Waals surface area (Å²) in [6.45, 7) is 1.87. The van der Waals surface area contributed by atoms with Crippen LogP contribution in [-0.2, 0) is 4.79 Å². The molecule has 0 atom stereocenters. The van der Waals surface area contributed by atoms with E-state index in [9.17, 15) is 4.79 Å². The van der Waals surface area contributed by atoms with Gasteiger partial charge >= 0.3 is 0 Å². The van der Waals surface area contributed by atoms with Gasteiger partial charge in [0.25, 0.3) is 5.91 Å². The third-order valence-corrected chi connectivity index (χ3v) is 3.59. The van der Waals surface area contributed by atoms with E-state index in [1.807, 2.05) is 43.3 Å². The molecule has 0 bridgehead atoms. The van der Waals surface area contributed by atoms with Crippen LogP contribution in [0.25, 0.3) is 5.57 Å². The van der Waals surface area contributed by atoms with Gasteiger partial charge in [0.05, 0.1) is 12.7 Å². The lowest BCUT2D eigenvalue weighted by molar-refractivity contribution is -0.110. The van der Waals surface area contributed by atoms with Crippen LogP contribution in [-0.4, -0.2) is 13.0 Å². The van der Waals surface area contributed by atoms with Gasteiger partial charge in [-0.1, -0.05) is 0 Å². The van der Waals surface area contributed by atoms with Crippen LogP contribution in [0.4, 0.5) is 17.1 Å². The Hall–Kier alpha value is -2.95. The zero-order valence-corrected chi connectivity index (χ0v) is 12.4. The third kappa shape index (κ3) is 2.48. The molecule has 1 heterocycles. The topological polar surface area (TPSA) is 76.4 Å². The van der Waals surface area contributed by atoms with E-state index in [1.54, 1.807) is 13.2 Å². The number of anilines is 3. The standard InChI is InChI=1S/C17H17N3O2/c1-10(19-12-4-6-13(22-2)7-5-12)16-14-9-11(18)3-8-15(14)20-17(16)21/h3-9,19H,18H2,1-2H3,(H,20,21)/b16-10-. The number of amides is 1. The highest BCUT2D eigenvalue weighted by molar-refractivity contribution is 6.32. The Kier molecular flexibility index (Phi) is 3.47. The number of allylic oxidation sites excluding steroid dienone is 1. The first-order valence-corrected chi connectivity index (χ1v) is 6.91. The van der Waals surface area contributed by atoms with Crippen LogP contribution in [0.15, 0.2) is 48.2 Å². The minimum absolute atomic E-state index is 0.126. The van der Waals surface area contributed by atoms with Gasteiger partial charge in [-0.25, -0.2) is 0 Å². The van der Waals surface area contributed by atoms with Crippen molar-refractivity contribution in [3.8, 4) is 5.75 Å². The molecule has 0 aliphatic carbocycles. The average molecular weight is 295 g/mol. The van der Waals surface area contributed by atoms with E-state index >= 15 is 0 Å². The van der Waals surface area contributed by atoms with Crippen molar-refractivity contribution in [2.75, 3.05) is 23.5 Å². The number of methoxy groups -OCH3 is 1. The molecule has 0 fully saturated rings. The number of carbonyl (C=O) groups is 1. The number of benzene rings is 2. The number of nitrogens with two attached hydrogens (primary N) is 1. The van der Waals surface area contributed by atoms with E-state index in [1.165, 1.54) is 0 Å². The van der Waals surface area contributed by atoms with Crippen molar-refractivity contribution in [1.29, 1.82) is 0 Å². The number of fused-ring (bicyclic) bond motifs is 1. The molecule has 5 nitrogen and oxygen atoms in total. The smallest absolute Gasteiger partial charge is 0.258 e. The van der Waals surface area contributed by atoms with Crippen molar-refractivity contribution in [1.82, 2.24) is 0 Å². The minimum Gasteiger partial charge on any atom is -0.497 e. The summed E-state index contributed by atoms with van der Waals surface area (Å²) in [7, 11) is 1.62. The fourth-order valence-electron chi connectivity index (χ4n) is 2.51. The molecule has 1 aliphatic heterocycles. The minimum atomic E-state index is -0.126. The quantitative estimate of drug-likeness (QED) is 0.601. The highest BCUT2D eigenvalue weighted by Gasteiger charge is 2.26. The van der Waals surface area contributed by atoms with Gasteiger partial charge < -0.3 is 21.1 Å². The number of rotatable bonds is 3. The Morgan fingerprint density at radius 2 is 1.91 bits per heavy atom. The van der Waals surface area contributed by atoms with Crippen LogP contribution in [0.1, 0.15) is 12.5 Å². The van der Waals surface area contributed by atoms with Crippen molar-refractivity contribution in [3.05, 3.63) is 53.7 Å². The molecular weight excluding hydrogens is 278 g/mol. The maximum absolute atomic E-state index is 12.2. The predicted octanol–water partition coefficient (Wildman–Crippen LogP) is 3.07. The molecule has 0 unspecified atom stereocenters. The van der Waals surface area contributed by atoms with Crippen LogP contribution in [0.2, 0.25) is 0 Å². The van der Waals surface area contributed by atoms with Crippen LogP contribution in [0.5, 0.6) is 5.75 Å². The SMILES string of the molecule is COc1ccc(N/C(C)=C2\C(=O)Nc3ccc(N)cc32)cc1. The molecule has 3 rings (SSSR count). The molecule has 0 saturated heterocycles. The summed E-state index contributed by atoms with van der Waals surface area (Å²) in [5.74, 6) is 0.659. The van der Waals surface area contributed by atoms with Gasteiger partial charge in [-0.05, 0) is 49.4 Å². The van der Waals surface area contributed by atoms with E-state index in [2.05, 4.69) is 10.6 Å². The normalized spacial score (nSPS) is 15.1. The number of hydrogen-bond acceptors (Lipinski definition) is 4. The first-order valence-electron chi connectivity index (χ1n) is 6.91. The van der Waals surface area contributed by atoms with Crippen molar-refractivity contribution < 1.29 is 9.53 Å². The van der Waals surface area contributed by atoms with Gasteiger partial charge in [0.1, 0.15) is 5.75 Å². The Balaban J connectivity index is 1.95. The zero-order chi connectivity index (χ0) is 15.7. The van der Waals surface area contributed by atoms with E-state index < -0.39 is 0 Å². The van der Waals surface area contributed by atoms with E-state index in [0.717, 1.165) is 28.4 Å². The van der Waals surface area contributed by atoms with Gasteiger partial charge in [-0.3, -0.25) is 4.79 Å². The molecule has 2 aromatic rings. The number of hydrogen-bond donors (Lipinski definition) is 3. The van der Waals surface area contributed by atoms with Crippen molar-refractivity contribution >= 4 is 28.5 Å².